The van der Waals surface area contributed by atoms with Crippen molar-refractivity contribution in [3.05, 3.63) is 11.7 Å². The van der Waals surface area contributed by atoms with Crippen molar-refractivity contribution in [2.24, 2.45) is 5.73 Å². The number of hydrogen-bond acceptors (Lipinski definition) is 6. The number of nitrogens with zero attached hydrogens (tertiary/aromatic N) is 2. The Bertz CT molecular complexity index is 590. The van der Waals surface area contributed by atoms with Crippen LogP contribution in [0.4, 0.5) is 8.78 Å². The fourth-order valence-corrected chi connectivity index (χ4v) is 2.23. The van der Waals surface area contributed by atoms with Crippen molar-refractivity contribution >= 4 is 11.7 Å². The highest BCUT2D eigenvalue weighted by molar-refractivity contribution is 5.98. The SMILES string of the molecule is CCCC(F)(F)C[C@H](N)C(=O)N[C@@H](CC)C(=O)c1nc(C(C)C)no1. The van der Waals surface area contributed by atoms with Crippen LogP contribution in [0.15, 0.2) is 4.52 Å². The first kappa shape index (κ1) is 21.1. The lowest BCUT2D eigenvalue weighted by Gasteiger charge is -2.21. The largest absolute Gasteiger partial charge is 0.344 e. The van der Waals surface area contributed by atoms with Gasteiger partial charge in [0.2, 0.25) is 17.6 Å². The summed E-state index contributed by atoms with van der Waals surface area (Å²) in [4.78, 5) is 28.4. The Hall–Kier alpha value is -1.90. The summed E-state index contributed by atoms with van der Waals surface area (Å²) in [5.74, 6) is -4.26. The molecule has 0 radical (unpaired) electrons. The van der Waals surface area contributed by atoms with E-state index in [9.17, 15) is 18.4 Å². The second-order valence-corrected chi connectivity index (χ2v) is 6.36. The minimum atomic E-state index is -3.02. The molecule has 0 bridgehead atoms. The molecule has 1 heterocycles. The molecule has 2 atom stereocenters. The van der Waals surface area contributed by atoms with E-state index in [1.807, 2.05) is 13.8 Å². The van der Waals surface area contributed by atoms with E-state index in [0.29, 0.717) is 5.82 Å². The van der Waals surface area contributed by atoms with Gasteiger partial charge in [0.1, 0.15) is 0 Å². The summed E-state index contributed by atoms with van der Waals surface area (Å²) in [6.45, 7) is 6.97. The second-order valence-electron chi connectivity index (χ2n) is 6.36. The Morgan fingerprint density at radius 3 is 2.44 bits per heavy atom. The summed E-state index contributed by atoms with van der Waals surface area (Å²) >= 11 is 0. The summed E-state index contributed by atoms with van der Waals surface area (Å²) in [5.41, 5.74) is 5.56. The van der Waals surface area contributed by atoms with Gasteiger partial charge in [-0.2, -0.15) is 4.98 Å². The molecule has 0 unspecified atom stereocenters. The van der Waals surface area contributed by atoms with Crippen LogP contribution in [-0.2, 0) is 4.79 Å². The number of aromatic nitrogens is 2. The van der Waals surface area contributed by atoms with E-state index in [0.717, 1.165) is 0 Å². The van der Waals surface area contributed by atoms with Crippen molar-refractivity contribution in [2.75, 3.05) is 0 Å². The lowest BCUT2D eigenvalue weighted by Crippen LogP contribution is -2.50. The monoisotopic (exact) mass is 360 g/mol. The molecule has 25 heavy (non-hydrogen) atoms. The third-order valence-electron chi connectivity index (χ3n) is 3.68. The van der Waals surface area contributed by atoms with Gasteiger partial charge in [-0.3, -0.25) is 9.59 Å². The first-order valence-corrected chi connectivity index (χ1v) is 8.42. The number of ketones is 1. The zero-order chi connectivity index (χ0) is 19.2. The van der Waals surface area contributed by atoms with Crippen LogP contribution in [0.2, 0.25) is 0 Å². The third kappa shape index (κ3) is 6.15. The lowest BCUT2D eigenvalue weighted by molar-refractivity contribution is -0.125. The molecule has 0 saturated carbocycles. The third-order valence-corrected chi connectivity index (χ3v) is 3.68. The summed E-state index contributed by atoms with van der Waals surface area (Å²) in [7, 11) is 0. The van der Waals surface area contributed by atoms with Crippen molar-refractivity contribution in [1.82, 2.24) is 15.5 Å². The number of alkyl halides is 2. The van der Waals surface area contributed by atoms with E-state index in [4.69, 9.17) is 10.3 Å². The number of nitrogens with one attached hydrogen (secondary N) is 1. The maximum absolute atomic E-state index is 13.6. The number of rotatable bonds is 10. The van der Waals surface area contributed by atoms with Crippen molar-refractivity contribution in [3.63, 3.8) is 0 Å². The van der Waals surface area contributed by atoms with Gasteiger partial charge in [0.15, 0.2) is 5.82 Å². The number of nitrogens with two attached hydrogens (primary N) is 1. The van der Waals surface area contributed by atoms with E-state index in [1.54, 1.807) is 13.8 Å². The number of Topliss-reactive ketones (excluding diaryl/α,β-unsaturated/α-hetero) is 1. The highest BCUT2D eigenvalue weighted by atomic mass is 19.3. The van der Waals surface area contributed by atoms with Crippen molar-refractivity contribution in [1.29, 1.82) is 0 Å². The molecule has 7 nitrogen and oxygen atoms in total. The molecule has 0 aliphatic rings. The number of halogens is 2. The summed E-state index contributed by atoms with van der Waals surface area (Å²) in [6.07, 6.45) is -0.589. The van der Waals surface area contributed by atoms with Gasteiger partial charge in [-0.1, -0.05) is 39.3 Å². The van der Waals surface area contributed by atoms with Gasteiger partial charge < -0.3 is 15.6 Å². The molecule has 1 rings (SSSR count). The van der Waals surface area contributed by atoms with E-state index < -0.39 is 36.1 Å². The van der Waals surface area contributed by atoms with E-state index >= 15 is 0 Å². The number of hydrogen-bond donors (Lipinski definition) is 2. The smallest absolute Gasteiger partial charge is 0.296 e. The Morgan fingerprint density at radius 2 is 1.96 bits per heavy atom. The molecule has 9 heteroatoms. The van der Waals surface area contributed by atoms with Crippen molar-refractivity contribution in [3.8, 4) is 0 Å². The van der Waals surface area contributed by atoms with Crippen LogP contribution in [0.1, 0.15) is 75.8 Å². The molecule has 1 aromatic rings. The highest BCUT2D eigenvalue weighted by Gasteiger charge is 2.34. The normalized spacial score (nSPS) is 14.4. The van der Waals surface area contributed by atoms with E-state index in [1.165, 1.54) is 0 Å². The number of amides is 1. The van der Waals surface area contributed by atoms with Crippen molar-refractivity contribution in [2.45, 2.75) is 77.3 Å². The first-order chi connectivity index (χ1) is 11.6. The van der Waals surface area contributed by atoms with Crippen LogP contribution in [0.25, 0.3) is 0 Å². The average molecular weight is 360 g/mol. The molecular weight excluding hydrogens is 334 g/mol. The van der Waals surface area contributed by atoms with Gasteiger partial charge >= 0.3 is 0 Å². The van der Waals surface area contributed by atoms with Crippen LogP contribution < -0.4 is 11.1 Å². The molecule has 3 N–H and O–H groups in total. The molecule has 0 spiro atoms. The Balaban J connectivity index is 2.73. The number of carbonyl (C=O) groups is 2. The van der Waals surface area contributed by atoms with Crippen LogP contribution in [-0.4, -0.2) is 39.8 Å². The standard InChI is InChI=1S/C16H26F2N4O3/c1-5-7-16(17,18)8-10(19)14(24)20-11(6-2)12(23)15-21-13(9(3)4)22-25-15/h9-11H,5-8,19H2,1-4H3,(H,20,24)/t10-,11-/m0/s1. The molecule has 0 aliphatic heterocycles. The van der Waals surface area contributed by atoms with Gasteiger partial charge in [0, 0.05) is 18.8 Å². The maximum atomic E-state index is 13.6. The zero-order valence-corrected chi connectivity index (χ0v) is 15.0. The second kappa shape index (κ2) is 8.98. The van der Waals surface area contributed by atoms with E-state index in [2.05, 4.69) is 15.5 Å². The van der Waals surface area contributed by atoms with Gasteiger partial charge in [-0.15, -0.1) is 0 Å². The minimum absolute atomic E-state index is 0.0193. The quantitative estimate of drug-likeness (QED) is 0.620. The predicted molar refractivity (Wildman–Crippen MR) is 87.4 cm³/mol. The molecule has 0 fully saturated rings. The highest BCUT2D eigenvalue weighted by Crippen LogP contribution is 2.25. The summed E-state index contributed by atoms with van der Waals surface area (Å²) in [6, 6.07) is -2.36. The van der Waals surface area contributed by atoms with Crippen LogP contribution in [0, 0.1) is 0 Å². The van der Waals surface area contributed by atoms with Gasteiger partial charge in [-0.25, -0.2) is 8.78 Å². The van der Waals surface area contributed by atoms with Crippen LogP contribution in [0.3, 0.4) is 0 Å². The van der Waals surface area contributed by atoms with Crippen LogP contribution >= 0.6 is 0 Å². The van der Waals surface area contributed by atoms with Gasteiger partial charge in [0.25, 0.3) is 5.89 Å². The molecule has 1 aromatic heterocycles. The fourth-order valence-electron chi connectivity index (χ4n) is 2.23. The summed E-state index contributed by atoms with van der Waals surface area (Å²) < 4.78 is 32.1. The van der Waals surface area contributed by atoms with Gasteiger partial charge in [-0.05, 0) is 6.42 Å². The summed E-state index contributed by atoms with van der Waals surface area (Å²) in [5, 5.41) is 6.09. The minimum Gasteiger partial charge on any atom is -0.344 e. The molecule has 142 valence electrons. The molecule has 1 amide bonds. The fraction of sp³-hybridized carbons (Fsp3) is 0.750. The average Bonchev–Trinajstić information content (AvgIpc) is 3.01. The van der Waals surface area contributed by atoms with Gasteiger partial charge in [0.05, 0.1) is 12.1 Å². The Labute approximate surface area is 145 Å². The topological polar surface area (TPSA) is 111 Å². The lowest BCUT2D eigenvalue weighted by atomic mass is 10.0. The molecule has 0 saturated heterocycles. The maximum Gasteiger partial charge on any atom is 0.296 e. The number of carbonyl (C=O) groups excluding carboxylic acids is 2. The van der Waals surface area contributed by atoms with E-state index in [-0.39, 0.29) is 31.1 Å². The zero-order valence-electron chi connectivity index (χ0n) is 15.0. The van der Waals surface area contributed by atoms with Crippen molar-refractivity contribution < 1.29 is 22.9 Å². The predicted octanol–water partition coefficient (Wildman–Crippen LogP) is 2.42. The molecule has 0 aromatic carbocycles. The Morgan fingerprint density at radius 1 is 1.32 bits per heavy atom. The Kier molecular flexibility index (Phi) is 7.60. The van der Waals surface area contributed by atoms with Crippen LogP contribution in [0.5, 0.6) is 0 Å². The molecular formula is C16H26F2N4O3. The molecule has 0 aliphatic carbocycles. The first-order valence-electron chi connectivity index (χ1n) is 8.42.